The van der Waals surface area contributed by atoms with Crippen molar-refractivity contribution < 1.29 is 9.31 Å². The van der Waals surface area contributed by atoms with E-state index < -0.39 is 0 Å². The number of benzene rings is 1. The minimum atomic E-state index is -0.286. The summed E-state index contributed by atoms with van der Waals surface area (Å²) in [4.78, 5) is 2.50. The van der Waals surface area contributed by atoms with Crippen LogP contribution in [-0.4, -0.2) is 31.4 Å². The molecule has 0 amide bonds. The number of rotatable bonds is 2. The van der Waals surface area contributed by atoms with E-state index in [-0.39, 0.29) is 18.3 Å². The van der Waals surface area contributed by atoms with E-state index in [0.29, 0.717) is 0 Å². The second-order valence-corrected chi connectivity index (χ2v) is 8.30. The van der Waals surface area contributed by atoms with Gasteiger partial charge >= 0.3 is 7.12 Å². The van der Waals surface area contributed by atoms with Gasteiger partial charge in [-0.15, -0.1) is 0 Å². The Morgan fingerprint density at radius 2 is 1.61 bits per heavy atom. The number of anilines is 1. The topological polar surface area (TPSA) is 21.7 Å². The van der Waals surface area contributed by atoms with Crippen LogP contribution in [0.1, 0.15) is 53.0 Å². The molecule has 1 aromatic rings. The second kappa shape index (κ2) is 5.82. The van der Waals surface area contributed by atoms with Crippen LogP contribution in [0.15, 0.2) is 18.2 Å². The molecule has 0 bridgehead atoms. The fourth-order valence-electron chi connectivity index (χ4n) is 3.36. The number of piperidine rings is 1. The van der Waals surface area contributed by atoms with Crippen LogP contribution in [-0.2, 0) is 9.31 Å². The van der Waals surface area contributed by atoms with E-state index in [4.69, 9.17) is 9.31 Å². The van der Waals surface area contributed by atoms with Crippen molar-refractivity contribution in [3.8, 4) is 0 Å². The zero-order valence-electron chi connectivity index (χ0n) is 15.5. The Hall–Kier alpha value is -0.995. The van der Waals surface area contributed by atoms with Crippen LogP contribution in [0.3, 0.4) is 0 Å². The molecule has 4 heteroatoms. The van der Waals surface area contributed by atoms with Crippen molar-refractivity contribution in [3.05, 3.63) is 23.8 Å². The van der Waals surface area contributed by atoms with Crippen molar-refractivity contribution in [2.24, 2.45) is 5.92 Å². The third-order valence-corrected chi connectivity index (χ3v) is 5.91. The predicted molar refractivity (Wildman–Crippen MR) is 97.5 cm³/mol. The summed E-state index contributed by atoms with van der Waals surface area (Å²) in [5.74, 6) is 0.858. The van der Waals surface area contributed by atoms with E-state index in [2.05, 4.69) is 64.6 Å². The Kier molecular flexibility index (Phi) is 4.26. The monoisotopic (exact) mass is 315 g/mol. The van der Waals surface area contributed by atoms with E-state index in [1.54, 1.807) is 0 Å². The molecule has 0 spiro atoms. The molecule has 0 unspecified atom stereocenters. The predicted octanol–water partition coefficient (Wildman–Crippen LogP) is 3.53. The average Bonchev–Trinajstić information content (AvgIpc) is 2.68. The first-order chi connectivity index (χ1) is 10.7. The first-order valence-electron chi connectivity index (χ1n) is 8.91. The van der Waals surface area contributed by atoms with E-state index in [9.17, 15) is 0 Å². The van der Waals surface area contributed by atoms with Gasteiger partial charge in [0.25, 0.3) is 0 Å². The van der Waals surface area contributed by atoms with E-state index in [1.807, 2.05) is 0 Å². The molecule has 2 aliphatic heterocycles. The van der Waals surface area contributed by atoms with Crippen LogP contribution >= 0.6 is 0 Å². The van der Waals surface area contributed by atoms with Crippen molar-refractivity contribution in [2.75, 3.05) is 18.0 Å². The molecule has 2 fully saturated rings. The summed E-state index contributed by atoms with van der Waals surface area (Å²) in [6.45, 7) is 15.3. The summed E-state index contributed by atoms with van der Waals surface area (Å²) in [5.41, 5.74) is 3.16. The van der Waals surface area contributed by atoms with Crippen LogP contribution in [0.25, 0.3) is 0 Å². The molecule has 0 atom stereocenters. The zero-order chi connectivity index (χ0) is 16.8. The summed E-state index contributed by atoms with van der Waals surface area (Å²) >= 11 is 0. The minimum absolute atomic E-state index is 0.268. The lowest BCUT2D eigenvalue weighted by molar-refractivity contribution is 0.00578. The zero-order valence-corrected chi connectivity index (χ0v) is 15.5. The van der Waals surface area contributed by atoms with Gasteiger partial charge in [-0.3, -0.25) is 0 Å². The highest BCUT2D eigenvalue weighted by atomic mass is 16.7. The number of hydrogen-bond donors (Lipinski definition) is 0. The molecule has 23 heavy (non-hydrogen) atoms. The summed E-state index contributed by atoms with van der Waals surface area (Å²) in [5, 5.41) is 0. The van der Waals surface area contributed by atoms with Crippen molar-refractivity contribution in [1.82, 2.24) is 0 Å². The van der Waals surface area contributed by atoms with Gasteiger partial charge in [0.15, 0.2) is 0 Å². The highest BCUT2D eigenvalue weighted by Gasteiger charge is 2.52. The lowest BCUT2D eigenvalue weighted by Gasteiger charge is -2.32. The molecule has 2 aliphatic rings. The maximum atomic E-state index is 6.19. The molecule has 2 heterocycles. The maximum Gasteiger partial charge on any atom is 0.495 e. The molecule has 0 radical (unpaired) electrons. The van der Waals surface area contributed by atoms with E-state index in [0.717, 1.165) is 24.5 Å². The molecular formula is C19H30BNO2. The Bertz CT molecular complexity index is 561. The number of hydrogen-bond acceptors (Lipinski definition) is 3. The molecule has 2 saturated heterocycles. The lowest BCUT2D eigenvalue weighted by atomic mass is 9.76. The van der Waals surface area contributed by atoms with Gasteiger partial charge in [0, 0.05) is 18.8 Å². The summed E-state index contributed by atoms with van der Waals surface area (Å²) < 4.78 is 12.4. The van der Waals surface area contributed by atoms with Gasteiger partial charge < -0.3 is 14.2 Å². The Morgan fingerprint density at radius 3 is 2.13 bits per heavy atom. The van der Waals surface area contributed by atoms with Gasteiger partial charge in [-0.1, -0.05) is 13.0 Å². The molecule has 1 aromatic carbocycles. The highest BCUT2D eigenvalue weighted by molar-refractivity contribution is 6.62. The molecular weight excluding hydrogens is 285 g/mol. The fourth-order valence-corrected chi connectivity index (χ4v) is 3.36. The normalized spacial score (nSPS) is 24.3. The van der Waals surface area contributed by atoms with Gasteiger partial charge in [-0.25, -0.2) is 0 Å². The van der Waals surface area contributed by atoms with Crippen LogP contribution in [0.2, 0.25) is 0 Å². The Balaban J connectivity index is 1.78. The third kappa shape index (κ3) is 3.16. The molecule has 0 aromatic heterocycles. The van der Waals surface area contributed by atoms with Gasteiger partial charge in [0.2, 0.25) is 0 Å². The van der Waals surface area contributed by atoms with Gasteiger partial charge in [-0.05, 0) is 76.5 Å². The molecule has 0 N–H and O–H groups in total. The molecule has 3 nitrogen and oxygen atoms in total. The highest BCUT2D eigenvalue weighted by Crippen LogP contribution is 2.37. The van der Waals surface area contributed by atoms with Crippen LogP contribution < -0.4 is 10.4 Å². The summed E-state index contributed by atoms with van der Waals surface area (Å²) in [7, 11) is -0.268. The van der Waals surface area contributed by atoms with E-state index in [1.165, 1.54) is 24.1 Å². The van der Waals surface area contributed by atoms with Crippen molar-refractivity contribution in [3.63, 3.8) is 0 Å². The molecule has 0 saturated carbocycles. The smallest absolute Gasteiger partial charge is 0.399 e. The lowest BCUT2D eigenvalue weighted by Crippen LogP contribution is -2.41. The molecule has 126 valence electrons. The first-order valence-corrected chi connectivity index (χ1v) is 8.91. The quantitative estimate of drug-likeness (QED) is 0.779. The van der Waals surface area contributed by atoms with Crippen LogP contribution in [0.4, 0.5) is 5.69 Å². The second-order valence-electron chi connectivity index (χ2n) is 8.30. The van der Waals surface area contributed by atoms with Crippen molar-refractivity contribution >= 4 is 18.3 Å². The number of aryl methyl sites for hydroxylation is 1. The van der Waals surface area contributed by atoms with Crippen molar-refractivity contribution in [1.29, 1.82) is 0 Å². The third-order valence-electron chi connectivity index (χ3n) is 5.91. The SMILES string of the molecule is Cc1cc(N2CCC(C)CC2)ccc1B1OC(C)(C)C(C)(C)O1. The Morgan fingerprint density at radius 1 is 1.04 bits per heavy atom. The molecule has 0 aliphatic carbocycles. The fraction of sp³-hybridized carbons (Fsp3) is 0.684. The van der Waals surface area contributed by atoms with E-state index >= 15 is 0 Å². The summed E-state index contributed by atoms with van der Waals surface area (Å²) in [6, 6.07) is 6.70. The van der Waals surface area contributed by atoms with Gasteiger partial charge in [0.1, 0.15) is 0 Å². The van der Waals surface area contributed by atoms with Gasteiger partial charge in [0.05, 0.1) is 11.2 Å². The van der Waals surface area contributed by atoms with Crippen molar-refractivity contribution in [2.45, 2.75) is 65.6 Å². The van der Waals surface area contributed by atoms with Crippen LogP contribution in [0.5, 0.6) is 0 Å². The maximum absolute atomic E-state index is 6.19. The standard InChI is InChI=1S/C19H30BNO2/c1-14-9-11-21(12-10-14)16-7-8-17(15(2)13-16)20-22-18(3,4)19(5,6)23-20/h7-8,13-14H,9-12H2,1-6H3. The first kappa shape index (κ1) is 16.8. The Labute approximate surface area is 141 Å². The number of nitrogens with zero attached hydrogens (tertiary/aromatic N) is 1. The van der Waals surface area contributed by atoms with Crippen LogP contribution in [0, 0.1) is 12.8 Å². The molecule has 3 rings (SSSR count). The summed E-state index contributed by atoms with van der Waals surface area (Å²) in [6.07, 6.45) is 2.58. The minimum Gasteiger partial charge on any atom is -0.399 e. The largest absolute Gasteiger partial charge is 0.495 e. The average molecular weight is 315 g/mol. The van der Waals surface area contributed by atoms with Gasteiger partial charge in [-0.2, -0.15) is 0 Å².